The van der Waals surface area contributed by atoms with Gasteiger partial charge in [-0.15, -0.1) is 0 Å². The smallest absolute Gasteiger partial charge is 0.157 e. The third-order valence-corrected chi connectivity index (χ3v) is 9.80. The van der Waals surface area contributed by atoms with Crippen LogP contribution < -0.4 is 5.73 Å². The number of para-hydroxylation sites is 1. The summed E-state index contributed by atoms with van der Waals surface area (Å²) in [6, 6.07) is 64.9. The summed E-state index contributed by atoms with van der Waals surface area (Å²) in [6.45, 7) is 0.392. The molecule has 9 rings (SSSR count). The molecule has 0 aliphatic rings. The van der Waals surface area contributed by atoms with Gasteiger partial charge in [-0.05, 0) is 80.0 Å². The first-order valence-corrected chi connectivity index (χ1v) is 17.8. The summed E-state index contributed by atoms with van der Waals surface area (Å²) in [5.74, 6) is 0.951. The molecule has 0 spiro atoms. The monoisotopic (exact) mass is 681 g/mol. The number of hydrogen-bond donors (Lipinski definition) is 1. The van der Waals surface area contributed by atoms with Crippen LogP contribution >= 0.6 is 0 Å². The van der Waals surface area contributed by atoms with Gasteiger partial charge in [-0.2, -0.15) is 0 Å². The van der Waals surface area contributed by atoms with Crippen molar-refractivity contribution in [3.63, 3.8) is 0 Å². The van der Waals surface area contributed by atoms with Gasteiger partial charge in [0.15, 0.2) is 5.84 Å². The maximum absolute atomic E-state index is 6.88. The molecule has 0 atom stereocenters. The van der Waals surface area contributed by atoms with Gasteiger partial charge in [0.05, 0.1) is 6.54 Å². The van der Waals surface area contributed by atoms with Crippen LogP contribution in [0.4, 0.5) is 0 Å². The lowest BCUT2D eigenvalue weighted by atomic mass is 9.91. The van der Waals surface area contributed by atoms with Crippen molar-refractivity contribution in [2.75, 3.05) is 0 Å². The molecule has 0 unspecified atom stereocenters. The number of amidine groups is 2. The summed E-state index contributed by atoms with van der Waals surface area (Å²) in [4.78, 5) is 10.3. The van der Waals surface area contributed by atoms with E-state index in [1.807, 2.05) is 66.7 Å². The molecule has 8 aromatic carbocycles. The SMILES string of the molecule is NC(=NC(=NCc1cccc2oc3ccccc3c12)c1ccc(-c2ccccc2)c(-c2ccc3ccccc3c2)c1)c1cccc(-c2ccccc2)c1. The fraction of sp³-hybridized carbons (Fsp3) is 0.0204. The first-order chi connectivity index (χ1) is 26.2. The van der Waals surface area contributed by atoms with Crippen LogP contribution in [0.1, 0.15) is 16.7 Å². The summed E-state index contributed by atoms with van der Waals surface area (Å²) in [5.41, 5.74) is 18.0. The zero-order valence-electron chi connectivity index (χ0n) is 29.0. The molecule has 2 N–H and O–H groups in total. The molecule has 9 aromatic rings. The van der Waals surface area contributed by atoms with Gasteiger partial charge >= 0.3 is 0 Å². The van der Waals surface area contributed by atoms with Gasteiger partial charge in [-0.3, -0.25) is 4.99 Å². The Morgan fingerprint density at radius 2 is 1.17 bits per heavy atom. The number of nitrogens with two attached hydrogens (primary N) is 1. The standard InChI is InChI=1S/C49H35N3O/c50-48(39-20-11-19-37(30-39)33-13-3-1-4-14-33)52-49(51-32-41-21-12-24-46-47(41)43-22-9-10-23-45(43)53-46)40-27-28-42(35-16-5-2-6-17-35)44(31-40)38-26-25-34-15-7-8-18-36(34)29-38/h1-31H,32H2,(H2,50,51,52). The number of furan rings is 1. The van der Waals surface area contributed by atoms with Gasteiger partial charge in [-0.1, -0.05) is 158 Å². The predicted molar refractivity (Wildman–Crippen MR) is 221 cm³/mol. The molecule has 0 fully saturated rings. The van der Waals surface area contributed by atoms with E-state index in [0.717, 1.165) is 72.0 Å². The van der Waals surface area contributed by atoms with E-state index in [4.69, 9.17) is 20.1 Å². The van der Waals surface area contributed by atoms with Crippen molar-refractivity contribution in [3.8, 4) is 33.4 Å². The summed E-state index contributed by atoms with van der Waals surface area (Å²) in [5, 5.41) is 4.52. The first kappa shape index (κ1) is 31.9. The molecular formula is C49H35N3O. The Bertz CT molecular complexity index is 2810. The fourth-order valence-electron chi connectivity index (χ4n) is 7.15. The summed E-state index contributed by atoms with van der Waals surface area (Å²) in [6.07, 6.45) is 0. The summed E-state index contributed by atoms with van der Waals surface area (Å²) >= 11 is 0. The van der Waals surface area contributed by atoms with Crippen molar-refractivity contribution in [3.05, 3.63) is 205 Å². The second kappa shape index (κ2) is 13.9. The Hall–Kier alpha value is -7.04. The molecule has 4 nitrogen and oxygen atoms in total. The maximum atomic E-state index is 6.88. The van der Waals surface area contributed by atoms with Crippen molar-refractivity contribution >= 4 is 44.4 Å². The average Bonchev–Trinajstić information content (AvgIpc) is 3.62. The molecule has 0 bridgehead atoms. The van der Waals surface area contributed by atoms with Gasteiger partial charge < -0.3 is 10.2 Å². The lowest BCUT2D eigenvalue weighted by molar-refractivity contribution is 0.668. The van der Waals surface area contributed by atoms with Crippen LogP contribution in [0.2, 0.25) is 0 Å². The number of aliphatic imine (C=N–C) groups is 2. The Balaban J connectivity index is 1.21. The van der Waals surface area contributed by atoms with Crippen LogP contribution in [0, 0.1) is 0 Å². The van der Waals surface area contributed by atoms with E-state index in [2.05, 4.69) is 121 Å². The molecule has 0 saturated carbocycles. The maximum Gasteiger partial charge on any atom is 0.157 e. The largest absolute Gasteiger partial charge is 0.456 e. The summed E-state index contributed by atoms with van der Waals surface area (Å²) < 4.78 is 6.21. The number of hydrogen-bond acceptors (Lipinski definition) is 2. The Morgan fingerprint density at radius 1 is 0.472 bits per heavy atom. The lowest BCUT2D eigenvalue weighted by Gasteiger charge is -2.14. The highest BCUT2D eigenvalue weighted by atomic mass is 16.3. The second-order valence-electron chi connectivity index (χ2n) is 13.2. The molecule has 0 aliphatic carbocycles. The van der Waals surface area contributed by atoms with E-state index in [1.54, 1.807) is 0 Å². The van der Waals surface area contributed by atoms with E-state index >= 15 is 0 Å². The zero-order valence-corrected chi connectivity index (χ0v) is 29.0. The molecule has 0 radical (unpaired) electrons. The molecule has 252 valence electrons. The van der Waals surface area contributed by atoms with Crippen LogP contribution in [0.15, 0.2) is 202 Å². The quantitative estimate of drug-likeness (QED) is 0.134. The number of fused-ring (bicyclic) bond motifs is 4. The Labute approximate surface area is 308 Å². The van der Waals surface area contributed by atoms with Crippen molar-refractivity contribution in [2.45, 2.75) is 6.54 Å². The highest BCUT2D eigenvalue weighted by Crippen LogP contribution is 2.36. The minimum atomic E-state index is 0.392. The molecule has 53 heavy (non-hydrogen) atoms. The van der Waals surface area contributed by atoms with E-state index in [0.29, 0.717) is 18.2 Å². The van der Waals surface area contributed by atoms with Crippen LogP contribution in [0.25, 0.3) is 66.1 Å². The van der Waals surface area contributed by atoms with Crippen molar-refractivity contribution in [1.29, 1.82) is 0 Å². The highest BCUT2D eigenvalue weighted by Gasteiger charge is 2.15. The highest BCUT2D eigenvalue weighted by molar-refractivity contribution is 6.12. The molecule has 4 heteroatoms. The van der Waals surface area contributed by atoms with Crippen LogP contribution in [-0.4, -0.2) is 11.7 Å². The Kier molecular flexibility index (Phi) is 8.39. The normalized spacial score (nSPS) is 12.2. The Morgan fingerprint density at radius 3 is 2.02 bits per heavy atom. The van der Waals surface area contributed by atoms with E-state index in [9.17, 15) is 0 Å². The van der Waals surface area contributed by atoms with E-state index in [-0.39, 0.29) is 0 Å². The predicted octanol–water partition coefficient (Wildman–Crippen LogP) is 12.1. The number of benzene rings is 8. The number of nitrogens with zero attached hydrogens (tertiary/aromatic N) is 2. The lowest BCUT2D eigenvalue weighted by Crippen LogP contribution is -2.16. The van der Waals surface area contributed by atoms with E-state index < -0.39 is 0 Å². The molecule has 0 aliphatic heterocycles. The van der Waals surface area contributed by atoms with Crippen molar-refractivity contribution in [2.24, 2.45) is 15.7 Å². The van der Waals surface area contributed by atoms with Crippen molar-refractivity contribution in [1.82, 2.24) is 0 Å². The van der Waals surface area contributed by atoms with Gasteiger partial charge in [0.25, 0.3) is 0 Å². The van der Waals surface area contributed by atoms with Crippen LogP contribution in [0.3, 0.4) is 0 Å². The zero-order chi connectivity index (χ0) is 35.6. The molecular weight excluding hydrogens is 647 g/mol. The molecule has 1 aromatic heterocycles. The molecule has 0 amide bonds. The van der Waals surface area contributed by atoms with Crippen LogP contribution in [-0.2, 0) is 6.54 Å². The minimum absolute atomic E-state index is 0.392. The second-order valence-corrected chi connectivity index (χ2v) is 13.2. The molecule has 0 saturated heterocycles. The third kappa shape index (κ3) is 6.39. The average molecular weight is 682 g/mol. The van der Waals surface area contributed by atoms with Gasteiger partial charge in [0.1, 0.15) is 17.0 Å². The molecule has 1 heterocycles. The fourth-order valence-corrected chi connectivity index (χ4v) is 7.15. The van der Waals surface area contributed by atoms with E-state index in [1.165, 1.54) is 10.8 Å². The van der Waals surface area contributed by atoms with Crippen LogP contribution in [0.5, 0.6) is 0 Å². The summed E-state index contributed by atoms with van der Waals surface area (Å²) in [7, 11) is 0. The van der Waals surface area contributed by atoms with Gasteiger partial charge in [0, 0.05) is 21.9 Å². The van der Waals surface area contributed by atoms with Crippen molar-refractivity contribution < 1.29 is 4.42 Å². The minimum Gasteiger partial charge on any atom is -0.456 e. The topological polar surface area (TPSA) is 63.9 Å². The first-order valence-electron chi connectivity index (χ1n) is 17.8. The van der Waals surface area contributed by atoms with Gasteiger partial charge in [-0.25, -0.2) is 4.99 Å². The third-order valence-electron chi connectivity index (χ3n) is 9.80. The van der Waals surface area contributed by atoms with Gasteiger partial charge in [0.2, 0.25) is 0 Å². The number of rotatable bonds is 7.